The molecule has 3 aromatic carbocycles. The summed E-state index contributed by atoms with van der Waals surface area (Å²) in [4.78, 5) is 0. The summed E-state index contributed by atoms with van der Waals surface area (Å²) < 4.78 is 24.0. The predicted molar refractivity (Wildman–Crippen MR) is 122 cm³/mol. The molecule has 2 heterocycles. The standard InChI is InChI=1S/C26H26O4/c1-3-5-11-27-17-7-9-23-19(13-17)21-15-26-22(16-25(21)29-23)20-14-18(28-12-6-4-2)8-10-24(20)30-26/h7-10,13-16H,3-6,11-12H2,1-2H3. The molecule has 0 fully saturated rings. The summed E-state index contributed by atoms with van der Waals surface area (Å²) in [6.45, 7) is 5.78. The Bertz CT molecular complexity index is 1220. The molecule has 4 nitrogen and oxygen atoms in total. The molecule has 0 amide bonds. The van der Waals surface area contributed by atoms with Crippen molar-refractivity contribution in [2.75, 3.05) is 13.2 Å². The van der Waals surface area contributed by atoms with Crippen LogP contribution in [0.1, 0.15) is 39.5 Å². The van der Waals surface area contributed by atoms with Crippen molar-refractivity contribution in [3.63, 3.8) is 0 Å². The van der Waals surface area contributed by atoms with Crippen molar-refractivity contribution in [3.8, 4) is 11.5 Å². The second-order valence-corrected chi connectivity index (χ2v) is 7.77. The number of ether oxygens (including phenoxy) is 2. The molecule has 0 N–H and O–H groups in total. The Hall–Kier alpha value is -3.14. The summed E-state index contributed by atoms with van der Waals surface area (Å²) in [5.74, 6) is 1.74. The molecule has 4 heteroatoms. The minimum Gasteiger partial charge on any atom is -0.494 e. The summed E-state index contributed by atoms with van der Waals surface area (Å²) in [7, 11) is 0. The van der Waals surface area contributed by atoms with Crippen molar-refractivity contribution in [2.24, 2.45) is 0 Å². The molecule has 0 aliphatic rings. The number of benzene rings is 3. The topological polar surface area (TPSA) is 44.7 Å². The van der Waals surface area contributed by atoms with Gasteiger partial charge in [-0.1, -0.05) is 26.7 Å². The van der Waals surface area contributed by atoms with Gasteiger partial charge in [-0.25, -0.2) is 0 Å². The van der Waals surface area contributed by atoms with Crippen molar-refractivity contribution in [1.82, 2.24) is 0 Å². The van der Waals surface area contributed by atoms with Gasteiger partial charge in [0.15, 0.2) is 0 Å². The number of hydrogen-bond acceptors (Lipinski definition) is 4. The van der Waals surface area contributed by atoms with Crippen molar-refractivity contribution < 1.29 is 18.3 Å². The molecule has 0 bridgehead atoms. The van der Waals surface area contributed by atoms with E-state index in [0.29, 0.717) is 0 Å². The molecule has 0 spiro atoms. The highest BCUT2D eigenvalue weighted by Gasteiger charge is 2.14. The normalized spacial score (nSPS) is 11.8. The fourth-order valence-corrected chi connectivity index (χ4v) is 3.85. The van der Waals surface area contributed by atoms with Crippen LogP contribution in [0.3, 0.4) is 0 Å². The van der Waals surface area contributed by atoms with Gasteiger partial charge in [0.05, 0.1) is 13.2 Å². The summed E-state index contributed by atoms with van der Waals surface area (Å²) in [6, 6.07) is 16.2. The Balaban J connectivity index is 1.58. The zero-order chi connectivity index (χ0) is 20.5. The predicted octanol–water partition coefficient (Wildman–Crippen LogP) is 7.84. The lowest BCUT2D eigenvalue weighted by Crippen LogP contribution is -1.95. The van der Waals surface area contributed by atoms with E-state index in [1.165, 1.54) is 0 Å². The van der Waals surface area contributed by atoms with Crippen LogP contribution in [0.5, 0.6) is 11.5 Å². The van der Waals surface area contributed by atoms with Crippen molar-refractivity contribution in [1.29, 1.82) is 0 Å². The molecule has 0 aliphatic carbocycles. The highest BCUT2D eigenvalue weighted by atomic mass is 16.5. The van der Waals surface area contributed by atoms with Crippen molar-refractivity contribution in [3.05, 3.63) is 48.5 Å². The fraction of sp³-hybridized carbons (Fsp3) is 0.308. The van der Waals surface area contributed by atoms with E-state index in [2.05, 4.69) is 38.1 Å². The molecule has 30 heavy (non-hydrogen) atoms. The van der Waals surface area contributed by atoms with E-state index in [0.717, 1.165) is 94.3 Å². The van der Waals surface area contributed by atoms with Crippen LogP contribution >= 0.6 is 0 Å². The van der Waals surface area contributed by atoms with Gasteiger partial charge in [0, 0.05) is 21.5 Å². The molecule has 0 unspecified atom stereocenters. The van der Waals surface area contributed by atoms with Crippen LogP contribution in [0, 0.1) is 0 Å². The first kappa shape index (κ1) is 18.9. The minimum atomic E-state index is 0.730. The number of fused-ring (bicyclic) bond motifs is 6. The van der Waals surface area contributed by atoms with Gasteiger partial charge in [-0.2, -0.15) is 0 Å². The SMILES string of the molecule is CCCCOc1ccc2oc3cc4c(cc3c2c1)oc1ccc(OCCCC)cc14. The summed E-state index contributed by atoms with van der Waals surface area (Å²) in [5, 5.41) is 4.17. The molecule has 5 rings (SSSR count). The van der Waals surface area contributed by atoms with E-state index in [1.54, 1.807) is 0 Å². The smallest absolute Gasteiger partial charge is 0.136 e. The monoisotopic (exact) mass is 402 g/mol. The molecular weight excluding hydrogens is 376 g/mol. The van der Waals surface area contributed by atoms with Gasteiger partial charge in [0.2, 0.25) is 0 Å². The molecular formula is C26H26O4. The maximum absolute atomic E-state index is 6.14. The number of furan rings is 2. The number of rotatable bonds is 8. The van der Waals surface area contributed by atoms with Gasteiger partial charge in [-0.15, -0.1) is 0 Å². The Morgan fingerprint density at radius 3 is 1.43 bits per heavy atom. The van der Waals surface area contributed by atoms with E-state index in [1.807, 2.05) is 24.3 Å². The van der Waals surface area contributed by atoms with Crippen LogP contribution in [-0.4, -0.2) is 13.2 Å². The molecule has 0 saturated heterocycles. The maximum Gasteiger partial charge on any atom is 0.136 e. The van der Waals surface area contributed by atoms with Gasteiger partial charge in [0.1, 0.15) is 33.8 Å². The third-order valence-corrected chi connectivity index (χ3v) is 5.54. The maximum atomic E-state index is 6.14. The number of unbranched alkanes of at least 4 members (excludes halogenated alkanes) is 2. The minimum absolute atomic E-state index is 0.730. The molecule has 0 saturated carbocycles. The molecule has 0 atom stereocenters. The largest absolute Gasteiger partial charge is 0.494 e. The van der Waals surface area contributed by atoms with E-state index < -0.39 is 0 Å². The third kappa shape index (κ3) is 3.36. The molecule has 2 aromatic heterocycles. The lowest BCUT2D eigenvalue weighted by molar-refractivity contribution is 0.309. The molecule has 5 aromatic rings. The average molecular weight is 402 g/mol. The molecule has 0 radical (unpaired) electrons. The Labute approximate surface area is 175 Å². The highest BCUT2D eigenvalue weighted by Crippen LogP contribution is 2.38. The molecule has 154 valence electrons. The first-order valence-corrected chi connectivity index (χ1v) is 10.8. The van der Waals surface area contributed by atoms with Crippen molar-refractivity contribution in [2.45, 2.75) is 39.5 Å². The zero-order valence-electron chi connectivity index (χ0n) is 17.5. The second kappa shape index (κ2) is 7.94. The summed E-state index contributed by atoms with van der Waals surface area (Å²) >= 11 is 0. The van der Waals surface area contributed by atoms with Gasteiger partial charge in [0.25, 0.3) is 0 Å². The Morgan fingerprint density at radius 1 is 0.567 bits per heavy atom. The van der Waals surface area contributed by atoms with Crippen LogP contribution in [0.15, 0.2) is 57.4 Å². The van der Waals surface area contributed by atoms with Crippen molar-refractivity contribution >= 4 is 43.9 Å². The highest BCUT2D eigenvalue weighted by molar-refractivity contribution is 6.15. The van der Waals surface area contributed by atoms with Crippen LogP contribution < -0.4 is 9.47 Å². The zero-order valence-corrected chi connectivity index (χ0v) is 17.5. The Kier molecular flexibility index (Phi) is 4.99. The fourth-order valence-electron chi connectivity index (χ4n) is 3.85. The van der Waals surface area contributed by atoms with E-state index >= 15 is 0 Å². The van der Waals surface area contributed by atoms with E-state index in [4.69, 9.17) is 18.3 Å². The summed E-state index contributed by atoms with van der Waals surface area (Å²) in [5.41, 5.74) is 3.41. The van der Waals surface area contributed by atoms with Crippen LogP contribution in [0.4, 0.5) is 0 Å². The quantitative estimate of drug-likeness (QED) is 0.248. The van der Waals surface area contributed by atoms with Crippen LogP contribution in [0.2, 0.25) is 0 Å². The third-order valence-electron chi connectivity index (χ3n) is 5.54. The van der Waals surface area contributed by atoms with Gasteiger partial charge >= 0.3 is 0 Å². The average Bonchev–Trinajstić information content (AvgIpc) is 3.29. The van der Waals surface area contributed by atoms with Crippen LogP contribution in [-0.2, 0) is 0 Å². The van der Waals surface area contributed by atoms with E-state index in [-0.39, 0.29) is 0 Å². The first-order valence-electron chi connectivity index (χ1n) is 10.8. The first-order chi connectivity index (χ1) is 14.8. The lowest BCUT2D eigenvalue weighted by atomic mass is 10.1. The van der Waals surface area contributed by atoms with Crippen LogP contribution in [0.25, 0.3) is 43.9 Å². The number of hydrogen-bond donors (Lipinski definition) is 0. The summed E-state index contributed by atoms with van der Waals surface area (Å²) in [6.07, 6.45) is 4.33. The Morgan fingerprint density at radius 2 is 1.00 bits per heavy atom. The van der Waals surface area contributed by atoms with Gasteiger partial charge in [-0.3, -0.25) is 0 Å². The lowest BCUT2D eigenvalue weighted by Gasteiger charge is -2.04. The second-order valence-electron chi connectivity index (χ2n) is 7.77. The van der Waals surface area contributed by atoms with E-state index in [9.17, 15) is 0 Å². The molecule has 0 aliphatic heterocycles. The van der Waals surface area contributed by atoms with Gasteiger partial charge in [-0.05, 0) is 61.4 Å². The van der Waals surface area contributed by atoms with Gasteiger partial charge < -0.3 is 18.3 Å².